The summed E-state index contributed by atoms with van der Waals surface area (Å²) < 4.78 is 0. The fourth-order valence-corrected chi connectivity index (χ4v) is 1.97. The van der Waals surface area contributed by atoms with E-state index < -0.39 is 12.0 Å². The third kappa shape index (κ3) is 14.6. The van der Waals surface area contributed by atoms with Gasteiger partial charge in [0.2, 0.25) is 5.91 Å². The molecule has 4 nitrogen and oxygen atoms in total. The first-order valence-corrected chi connectivity index (χ1v) is 7.60. The van der Waals surface area contributed by atoms with Gasteiger partial charge in [-0.1, -0.05) is 58.3 Å². The van der Waals surface area contributed by atoms with E-state index in [1.54, 1.807) is 0 Å². The van der Waals surface area contributed by atoms with Gasteiger partial charge in [-0.3, -0.25) is 9.59 Å². The molecular weight excluding hydrogens is 282 g/mol. The second-order valence-corrected chi connectivity index (χ2v) is 5.21. The molecule has 0 rings (SSSR count). The van der Waals surface area contributed by atoms with Crippen LogP contribution in [0.2, 0.25) is 0 Å². The van der Waals surface area contributed by atoms with E-state index in [-0.39, 0.29) is 43.6 Å². The fraction of sp³-hybridized carbons (Fsp3) is 0.867. The summed E-state index contributed by atoms with van der Waals surface area (Å²) in [5.41, 5.74) is 0. The van der Waals surface area contributed by atoms with Crippen molar-refractivity contribution in [1.29, 1.82) is 0 Å². The fourth-order valence-electron chi connectivity index (χ4n) is 1.97. The van der Waals surface area contributed by atoms with E-state index in [9.17, 15) is 9.59 Å². The van der Waals surface area contributed by atoms with Crippen molar-refractivity contribution in [3.8, 4) is 0 Å². The number of carbonyl (C=O) groups excluding carboxylic acids is 1. The minimum atomic E-state index is -0.986. The van der Waals surface area contributed by atoms with Gasteiger partial charge in [0.05, 0.1) is 0 Å². The molecule has 0 saturated carbocycles. The molecule has 0 saturated heterocycles. The van der Waals surface area contributed by atoms with E-state index in [1.807, 2.05) is 0 Å². The third-order valence-corrected chi connectivity index (χ3v) is 3.26. The number of carbonyl (C=O) groups is 2. The van der Waals surface area contributed by atoms with E-state index >= 15 is 0 Å². The number of carboxylic acids is 1. The molecule has 0 heterocycles. The molecular formula is C15H31CaNO3. The van der Waals surface area contributed by atoms with Gasteiger partial charge in [-0.25, -0.2) is 0 Å². The van der Waals surface area contributed by atoms with Crippen LogP contribution < -0.4 is 5.32 Å². The van der Waals surface area contributed by atoms with Crippen molar-refractivity contribution in [2.75, 3.05) is 0 Å². The van der Waals surface area contributed by atoms with Crippen LogP contribution in [0.15, 0.2) is 0 Å². The van der Waals surface area contributed by atoms with E-state index in [0.717, 1.165) is 12.8 Å². The Kier molecular flexibility index (Phi) is 17.5. The zero-order valence-corrected chi connectivity index (χ0v) is 12.4. The molecule has 0 fully saturated rings. The maximum absolute atomic E-state index is 11.4. The number of carboxylic acid groups (broad SMARTS) is 1. The van der Waals surface area contributed by atoms with Crippen LogP contribution in [0.5, 0.6) is 0 Å². The first-order chi connectivity index (χ1) is 9.07. The van der Waals surface area contributed by atoms with Gasteiger partial charge in [0.1, 0.15) is 6.04 Å². The minimum absolute atomic E-state index is 0. The summed E-state index contributed by atoms with van der Waals surface area (Å²) in [5, 5.41) is 11.1. The number of nitrogens with one attached hydrogen (secondary N) is 1. The molecule has 116 valence electrons. The normalized spacial score (nSPS) is 11.5. The van der Waals surface area contributed by atoms with Crippen LogP contribution >= 0.6 is 0 Å². The first-order valence-electron chi connectivity index (χ1n) is 7.60. The van der Waals surface area contributed by atoms with Gasteiger partial charge in [0, 0.05) is 6.42 Å². The van der Waals surface area contributed by atoms with Crippen LogP contribution in [-0.2, 0) is 9.59 Å². The Morgan fingerprint density at radius 3 is 1.85 bits per heavy atom. The predicted molar refractivity (Wildman–Crippen MR) is 85.6 cm³/mol. The Bertz CT molecular complexity index is 260. The standard InChI is InChI=1S/C15H29NO3.Ca.2H/c1-3-4-5-6-7-8-9-10-11-12-14(17)16-13(2)15(18)19;;;/h13H,3-12H2,1-2H3,(H,16,17)(H,18,19);;;/t13-;;;/m0.../s1. The maximum atomic E-state index is 11.4. The van der Waals surface area contributed by atoms with Crippen molar-refractivity contribution < 1.29 is 14.7 Å². The molecule has 1 atom stereocenters. The zero-order valence-electron chi connectivity index (χ0n) is 12.4. The van der Waals surface area contributed by atoms with Gasteiger partial charge in [-0.2, -0.15) is 0 Å². The van der Waals surface area contributed by atoms with Gasteiger partial charge in [-0.15, -0.1) is 0 Å². The van der Waals surface area contributed by atoms with Crippen LogP contribution in [0.4, 0.5) is 0 Å². The number of amides is 1. The first kappa shape index (κ1) is 22.5. The van der Waals surface area contributed by atoms with Gasteiger partial charge >= 0.3 is 43.7 Å². The number of aliphatic carboxylic acids is 1. The van der Waals surface area contributed by atoms with Gasteiger partial charge in [0.15, 0.2) is 0 Å². The summed E-state index contributed by atoms with van der Waals surface area (Å²) >= 11 is 0. The van der Waals surface area contributed by atoms with Gasteiger partial charge < -0.3 is 10.4 Å². The van der Waals surface area contributed by atoms with Crippen LogP contribution in [0.3, 0.4) is 0 Å². The van der Waals surface area contributed by atoms with Crippen molar-refractivity contribution in [2.45, 2.75) is 84.1 Å². The van der Waals surface area contributed by atoms with Crippen LogP contribution in [0.1, 0.15) is 78.1 Å². The predicted octanol–water partition coefficient (Wildman–Crippen LogP) is 2.58. The molecule has 0 aromatic rings. The second kappa shape index (κ2) is 15.6. The average Bonchev–Trinajstić information content (AvgIpc) is 2.36. The Morgan fingerprint density at radius 1 is 0.950 bits per heavy atom. The monoisotopic (exact) mass is 313 g/mol. The number of hydrogen-bond acceptors (Lipinski definition) is 2. The average molecular weight is 313 g/mol. The van der Waals surface area contributed by atoms with Crippen molar-refractivity contribution in [2.24, 2.45) is 0 Å². The number of hydrogen-bond donors (Lipinski definition) is 2. The molecule has 0 aliphatic heterocycles. The molecule has 0 unspecified atom stereocenters. The molecule has 0 aromatic heterocycles. The summed E-state index contributed by atoms with van der Waals surface area (Å²) in [4.78, 5) is 21.9. The Hall–Kier alpha value is 0.200. The van der Waals surface area contributed by atoms with E-state index in [0.29, 0.717) is 6.42 Å². The van der Waals surface area contributed by atoms with E-state index in [1.165, 1.54) is 51.9 Å². The molecule has 0 bridgehead atoms. The summed E-state index contributed by atoms with van der Waals surface area (Å²) in [6, 6.07) is -0.786. The SMILES string of the molecule is CCCCCCCCCCCC(=O)N[C@@H](C)C(=O)O.[CaH2]. The molecule has 0 aliphatic carbocycles. The molecule has 2 N–H and O–H groups in total. The summed E-state index contributed by atoms with van der Waals surface area (Å²) in [5.74, 6) is -1.14. The second-order valence-electron chi connectivity index (χ2n) is 5.21. The molecule has 5 heteroatoms. The van der Waals surface area contributed by atoms with Crippen molar-refractivity contribution >= 4 is 49.6 Å². The molecule has 0 radical (unpaired) electrons. The van der Waals surface area contributed by atoms with Crippen molar-refractivity contribution in [3.63, 3.8) is 0 Å². The molecule has 0 spiro atoms. The van der Waals surface area contributed by atoms with E-state index in [2.05, 4.69) is 12.2 Å². The Morgan fingerprint density at radius 2 is 1.40 bits per heavy atom. The van der Waals surface area contributed by atoms with E-state index in [4.69, 9.17) is 5.11 Å². The zero-order chi connectivity index (χ0) is 14.5. The third-order valence-electron chi connectivity index (χ3n) is 3.26. The molecule has 1 amide bonds. The Labute approximate surface area is 153 Å². The van der Waals surface area contributed by atoms with Gasteiger partial charge in [-0.05, 0) is 13.3 Å². The van der Waals surface area contributed by atoms with Crippen LogP contribution in [0, 0.1) is 0 Å². The van der Waals surface area contributed by atoms with Crippen molar-refractivity contribution in [3.05, 3.63) is 0 Å². The van der Waals surface area contributed by atoms with Crippen LogP contribution in [0.25, 0.3) is 0 Å². The molecule has 0 aliphatic rings. The topological polar surface area (TPSA) is 66.4 Å². The molecule has 0 aromatic carbocycles. The number of unbranched alkanes of at least 4 members (excludes halogenated alkanes) is 8. The summed E-state index contributed by atoms with van der Waals surface area (Å²) in [6.07, 6.45) is 11.3. The number of rotatable bonds is 12. The summed E-state index contributed by atoms with van der Waals surface area (Å²) in [7, 11) is 0. The quantitative estimate of drug-likeness (QED) is 0.430. The Balaban J connectivity index is 0. The van der Waals surface area contributed by atoms with Gasteiger partial charge in [0.25, 0.3) is 0 Å². The van der Waals surface area contributed by atoms with Crippen LogP contribution in [-0.4, -0.2) is 60.8 Å². The summed E-state index contributed by atoms with van der Waals surface area (Å²) in [6.45, 7) is 3.70. The molecule has 20 heavy (non-hydrogen) atoms. The van der Waals surface area contributed by atoms with Crippen molar-refractivity contribution in [1.82, 2.24) is 5.32 Å².